The van der Waals surface area contributed by atoms with Gasteiger partial charge in [0.2, 0.25) is 5.88 Å². The van der Waals surface area contributed by atoms with Gasteiger partial charge in [-0.05, 0) is 24.5 Å². The van der Waals surface area contributed by atoms with Crippen molar-refractivity contribution < 1.29 is 5.11 Å². The van der Waals surface area contributed by atoms with Crippen LogP contribution in [0, 0.1) is 0 Å². The predicted octanol–water partition coefficient (Wildman–Crippen LogP) is 1.26. The van der Waals surface area contributed by atoms with E-state index in [2.05, 4.69) is 33.3 Å². The van der Waals surface area contributed by atoms with Crippen LogP contribution < -0.4 is 16.6 Å². The van der Waals surface area contributed by atoms with Crippen molar-refractivity contribution in [1.29, 1.82) is 0 Å². The molecule has 3 aromatic rings. The Morgan fingerprint density at radius 3 is 2.71 bits per heavy atom. The van der Waals surface area contributed by atoms with E-state index < -0.39 is 23.2 Å². The minimum atomic E-state index is -0.721. The Morgan fingerprint density at radius 1 is 1.17 bits per heavy atom. The van der Waals surface area contributed by atoms with E-state index in [0.717, 1.165) is 35.0 Å². The lowest BCUT2D eigenvalue weighted by Gasteiger charge is -2.30. The molecule has 3 heterocycles. The van der Waals surface area contributed by atoms with Crippen molar-refractivity contribution in [2.24, 2.45) is 0 Å². The van der Waals surface area contributed by atoms with E-state index >= 15 is 0 Å². The first-order valence-electron chi connectivity index (χ1n) is 7.99. The highest BCUT2D eigenvalue weighted by molar-refractivity contribution is 5.85. The second kappa shape index (κ2) is 5.38. The van der Waals surface area contributed by atoms with Gasteiger partial charge < -0.3 is 15.4 Å². The van der Waals surface area contributed by atoms with E-state index in [-0.39, 0.29) is 11.6 Å². The third-order valence-corrected chi connectivity index (χ3v) is 4.73. The lowest BCUT2D eigenvalue weighted by molar-refractivity contribution is 0.392. The second-order valence-electron chi connectivity index (χ2n) is 6.14. The topological polar surface area (TPSA) is 114 Å². The summed E-state index contributed by atoms with van der Waals surface area (Å²) in [6.07, 6.45) is 1.73. The van der Waals surface area contributed by atoms with Crippen LogP contribution in [0.2, 0.25) is 0 Å². The Morgan fingerprint density at radius 2 is 1.96 bits per heavy atom. The zero-order valence-electron chi connectivity index (χ0n) is 13.1. The van der Waals surface area contributed by atoms with Gasteiger partial charge in [0.25, 0.3) is 5.56 Å². The molecule has 7 heteroatoms. The molecular formula is C17H18N4O3. The smallest absolute Gasteiger partial charge is 0.328 e. The van der Waals surface area contributed by atoms with E-state index in [1.807, 2.05) is 18.2 Å². The zero-order valence-corrected chi connectivity index (χ0v) is 13.1. The van der Waals surface area contributed by atoms with Gasteiger partial charge in [-0.2, -0.15) is 0 Å². The van der Waals surface area contributed by atoms with Crippen LogP contribution in [-0.2, 0) is 6.42 Å². The van der Waals surface area contributed by atoms with E-state index in [1.165, 1.54) is 0 Å². The number of aromatic nitrogens is 3. The average molecular weight is 326 g/mol. The normalized spacial score (nSPS) is 20.2. The van der Waals surface area contributed by atoms with Crippen molar-refractivity contribution in [3.8, 4) is 5.88 Å². The Bertz CT molecular complexity index is 1030. The molecule has 0 fully saturated rings. The fourth-order valence-corrected chi connectivity index (χ4v) is 3.55. The number of rotatable bonds is 2. The summed E-state index contributed by atoms with van der Waals surface area (Å²) < 4.78 is 0. The maximum atomic E-state index is 12.3. The van der Waals surface area contributed by atoms with Gasteiger partial charge in [0.1, 0.15) is 5.56 Å². The van der Waals surface area contributed by atoms with Crippen LogP contribution in [0.3, 0.4) is 0 Å². The van der Waals surface area contributed by atoms with Gasteiger partial charge in [0, 0.05) is 22.6 Å². The fraction of sp³-hybridized carbons (Fsp3) is 0.294. The molecule has 0 amide bonds. The maximum absolute atomic E-state index is 12.3. The van der Waals surface area contributed by atoms with Gasteiger partial charge in [-0.15, -0.1) is 0 Å². The van der Waals surface area contributed by atoms with Gasteiger partial charge in [-0.25, -0.2) is 4.79 Å². The molecule has 5 N–H and O–H groups in total. The summed E-state index contributed by atoms with van der Waals surface area (Å²) in [6, 6.07) is 7.64. The van der Waals surface area contributed by atoms with Crippen LogP contribution >= 0.6 is 0 Å². The molecule has 2 atom stereocenters. The molecule has 0 radical (unpaired) electrons. The highest BCUT2D eigenvalue weighted by atomic mass is 16.3. The molecule has 1 aliphatic rings. The van der Waals surface area contributed by atoms with Crippen molar-refractivity contribution in [1.82, 2.24) is 20.3 Å². The average Bonchev–Trinajstić information content (AvgIpc) is 2.92. The lowest BCUT2D eigenvalue weighted by Crippen LogP contribution is -2.42. The van der Waals surface area contributed by atoms with Crippen LogP contribution in [0.5, 0.6) is 5.88 Å². The fourth-order valence-electron chi connectivity index (χ4n) is 3.55. The largest absolute Gasteiger partial charge is 0.494 e. The summed E-state index contributed by atoms with van der Waals surface area (Å²) in [5, 5.41) is 14.7. The number of fused-ring (bicyclic) bond motifs is 3. The van der Waals surface area contributed by atoms with Gasteiger partial charge in [0.05, 0.1) is 6.04 Å². The van der Waals surface area contributed by atoms with E-state index in [9.17, 15) is 14.7 Å². The van der Waals surface area contributed by atoms with Crippen molar-refractivity contribution in [3.05, 3.63) is 61.9 Å². The van der Waals surface area contributed by atoms with Crippen LogP contribution in [-0.4, -0.2) is 26.1 Å². The molecule has 0 bridgehead atoms. The Balaban J connectivity index is 1.98. The molecule has 0 aliphatic carbocycles. The van der Waals surface area contributed by atoms with Gasteiger partial charge >= 0.3 is 5.69 Å². The minimum absolute atomic E-state index is 0.126. The lowest BCUT2D eigenvalue weighted by atomic mass is 9.90. The molecule has 0 unspecified atom stereocenters. The monoisotopic (exact) mass is 326 g/mol. The van der Waals surface area contributed by atoms with Crippen LogP contribution in [0.4, 0.5) is 0 Å². The zero-order chi connectivity index (χ0) is 16.8. The first-order valence-corrected chi connectivity index (χ1v) is 7.99. The summed E-state index contributed by atoms with van der Waals surface area (Å²) in [6.45, 7) is 2.07. The quantitative estimate of drug-likeness (QED) is 0.488. The van der Waals surface area contributed by atoms with Crippen molar-refractivity contribution in [2.75, 3.05) is 0 Å². The number of benzene rings is 1. The summed E-state index contributed by atoms with van der Waals surface area (Å²) in [7, 11) is 0. The molecule has 1 aromatic carbocycles. The van der Waals surface area contributed by atoms with Crippen LogP contribution in [0.15, 0.2) is 33.9 Å². The molecule has 124 valence electrons. The van der Waals surface area contributed by atoms with Gasteiger partial charge in [0.15, 0.2) is 0 Å². The number of nitrogens with one attached hydrogen (secondary N) is 4. The van der Waals surface area contributed by atoms with Crippen LogP contribution in [0.1, 0.15) is 36.2 Å². The van der Waals surface area contributed by atoms with Crippen LogP contribution in [0.25, 0.3) is 10.9 Å². The molecule has 0 spiro atoms. The van der Waals surface area contributed by atoms with E-state index in [0.29, 0.717) is 0 Å². The summed E-state index contributed by atoms with van der Waals surface area (Å²) in [5.41, 5.74) is 1.81. The first kappa shape index (κ1) is 14.8. The number of H-pyrrole nitrogens is 3. The van der Waals surface area contributed by atoms with E-state index in [4.69, 9.17) is 0 Å². The first-order chi connectivity index (χ1) is 11.6. The highest BCUT2D eigenvalue weighted by Gasteiger charge is 2.33. The number of hydrogen-bond acceptors (Lipinski definition) is 4. The predicted molar refractivity (Wildman–Crippen MR) is 90.4 cm³/mol. The van der Waals surface area contributed by atoms with Gasteiger partial charge in [-0.1, -0.05) is 25.1 Å². The third kappa shape index (κ3) is 2.16. The molecule has 0 saturated heterocycles. The summed E-state index contributed by atoms with van der Waals surface area (Å²) >= 11 is 0. The molecule has 4 rings (SSSR count). The molecule has 0 saturated carbocycles. The Hall–Kier alpha value is -2.80. The van der Waals surface area contributed by atoms with Crippen molar-refractivity contribution in [2.45, 2.75) is 31.8 Å². The standard InChI is InChI=1S/C17H18N4O3/c1-2-8-7-10-9-5-3-4-6-11(9)19-13(10)14(18-8)12-15(22)20-17(24)21-16(12)23/h3-6,8,14,18-19H,2,7H2,1H3,(H3,20,21,22,23,24)/t8-,14-/m1/s1. The molecular weight excluding hydrogens is 308 g/mol. The third-order valence-electron chi connectivity index (χ3n) is 4.73. The maximum Gasteiger partial charge on any atom is 0.328 e. The number of aromatic amines is 3. The summed E-state index contributed by atoms with van der Waals surface area (Å²) in [4.78, 5) is 31.5. The molecule has 24 heavy (non-hydrogen) atoms. The van der Waals surface area contributed by atoms with Crippen molar-refractivity contribution in [3.63, 3.8) is 0 Å². The minimum Gasteiger partial charge on any atom is -0.494 e. The SMILES string of the molecule is CC[C@@H]1Cc2c([nH]c3ccccc23)[C@@H](c2c(O)[nH]c(=O)[nH]c2=O)N1. The molecule has 7 nitrogen and oxygen atoms in total. The summed E-state index contributed by atoms with van der Waals surface area (Å²) in [5.74, 6) is -0.400. The van der Waals surface area contributed by atoms with Crippen molar-refractivity contribution >= 4 is 10.9 Å². The highest BCUT2D eigenvalue weighted by Crippen LogP contribution is 2.36. The van der Waals surface area contributed by atoms with E-state index in [1.54, 1.807) is 0 Å². The van der Waals surface area contributed by atoms with Gasteiger partial charge in [-0.3, -0.25) is 14.8 Å². The number of para-hydroxylation sites is 1. The second-order valence-corrected chi connectivity index (χ2v) is 6.14. The molecule has 2 aromatic heterocycles. The molecule has 1 aliphatic heterocycles. The number of aromatic hydroxyl groups is 1. The number of hydrogen-bond donors (Lipinski definition) is 5. The Labute approximate surface area is 136 Å². The Kier molecular flexibility index (Phi) is 3.31.